The number of rotatable bonds is 3. The molecule has 0 spiro atoms. The maximum Gasteiger partial charge on any atom is 0.335 e. The molecule has 0 fully saturated rings. The number of amides is 2. The molecule has 0 atom stereocenters. The van der Waals surface area contributed by atoms with Crippen LogP contribution in [-0.2, 0) is 9.59 Å². The molecule has 0 unspecified atom stereocenters. The zero-order valence-corrected chi connectivity index (χ0v) is 12.0. The molecule has 0 aromatic heterocycles. The predicted molar refractivity (Wildman–Crippen MR) is 76.9 cm³/mol. The summed E-state index contributed by atoms with van der Waals surface area (Å²) in [5, 5.41) is 14.9. The van der Waals surface area contributed by atoms with E-state index in [1.807, 2.05) is 0 Å². The highest BCUT2D eigenvalue weighted by Gasteiger charge is 2.21. The lowest BCUT2D eigenvalue weighted by Crippen LogP contribution is -2.32. The van der Waals surface area contributed by atoms with Gasteiger partial charge in [-0.1, -0.05) is 23.2 Å². The molecule has 0 aliphatic carbocycles. The van der Waals surface area contributed by atoms with Crippen molar-refractivity contribution in [2.75, 3.05) is 5.32 Å². The van der Waals surface area contributed by atoms with Gasteiger partial charge in [-0.15, -0.1) is 0 Å². The Morgan fingerprint density at radius 1 is 1.24 bits per heavy atom. The molecule has 2 rings (SSSR count). The second-order valence-corrected chi connectivity index (χ2v) is 4.98. The Labute approximate surface area is 128 Å². The van der Waals surface area contributed by atoms with Crippen LogP contribution in [0, 0.1) is 0 Å². The van der Waals surface area contributed by atoms with Crippen molar-refractivity contribution in [1.29, 1.82) is 0 Å². The van der Waals surface area contributed by atoms with Crippen LogP contribution in [0.25, 0.3) is 0 Å². The van der Waals surface area contributed by atoms with Crippen molar-refractivity contribution in [1.82, 2.24) is 5.43 Å². The van der Waals surface area contributed by atoms with Crippen molar-refractivity contribution in [2.45, 2.75) is 12.8 Å². The van der Waals surface area contributed by atoms with Crippen molar-refractivity contribution in [3.63, 3.8) is 0 Å². The third-order valence-electron chi connectivity index (χ3n) is 2.69. The van der Waals surface area contributed by atoms with Crippen molar-refractivity contribution < 1.29 is 19.5 Å². The van der Waals surface area contributed by atoms with Crippen LogP contribution < -0.4 is 10.7 Å². The quantitative estimate of drug-likeness (QED) is 0.786. The molecule has 110 valence electrons. The van der Waals surface area contributed by atoms with Crippen LogP contribution >= 0.6 is 23.2 Å². The van der Waals surface area contributed by atoms with Crippen molar-refractivity contribution >= 4 is 52.4 Å². The van der Waals surface area contributed by atoms with E-state index in [1.54, 1.807) is 0 Å². The summed E-state index contributed by atoms with van der Waals surface area (Å²) in [6, 6.07) is 2.35. The van der Waals surface area contributed by atoms with E-state index in [0.29, 0.717) is 0 Å². The van der Waals surface area contributed by atoms with E-state index >= 15 is 0 Å². The van der Waals surface area contributed by atoms with Crippen LogP contribution in [0.4, 0.5) is 5.69 Å². The standard InChI is InChI=1S/C12H9Cl2N3O4/c13-6-3-5(12(20)21)4-7(14)10(6)15-11(19)8-1-2-9(18)17-16-8/h3-4H,1-2H2,(H,15,19)(H,17,18)(H,20,21). The van der Waals surface area contributed by atoms with Gasteiger partial charge in [-0.25, -0.2) is 10.2 Å². The summed E-state index contributed by atoms with van der Waals surface area (Å²) in [5.41, 5.74) is 2.32. The Hall–Kier alpha value is -2.12. The minimum atomic E-state index is -1.18. The summed E-state index contributed by atoms with van der Waals surface area (Å²) >= 11 is 11.8. The largest absolute Gasteiger partial charge is 0.478 e. The number of carboxylic acids is 1. The fourth-order valence-electron chi connectivity index (χ4n) is 1.64. The fraction of sp³-hybridized carbons (Fsp3) is 0.167. The van der Waals surface area contributed by atoms with Crippen LogP contribution in [0.5, 0.6) is 0 Å². The smallest absolute Gasteiger partial charge is 0.335 e. The van der Waals surface area contributed by atoms with Gasteiger partial charge in [0.05, 0.1) is 21.3 Å². The average molecular weight is 330 g/mol. The number of aromatic carboxylic acids is 1. The van der Waals surface area contributed by atoms with E-state index in [0.717, 1.165) is 0 Å². The van der Waals surface area contributed by atoms with Gasteiger partial charge < -0.3 is 10.4 Å². The molecule has 0 bridgehead atoms. The first kappa shape index (κ1) is 15.3. The number of carbonyl (C=O) groups excluding carboxylic acids is 2. The normalized spacial score (nSPS) is 14.2. The summed E-state index contributed by atoms with van der Waals surface area (Å²) in [6.45, 7) is 0. The topological polar surface area (TPSA) is 108 Å². The highest BCUT2D eigenvalue weighted by atomic mass is 35.5. The van der Waals surface area contributed by atoms with E-state index in [9.17, 15) is 14.4 Å². The van der Waals surface area contributed by atoms with E-state index in [4.69, 9.17) is 28.3 Å². The van der Waals surface area contributed by atoms with E-state index in [-0.39, 0.29) is 45.8 Å². The molecule has 21 heavy (non-hydrogen) atoms. The average Bonchev–Trinajstić information content (AvgIpc) is 2.43. The molecule has 1 aliphatic rings. The first-order chi connectivity index (χ1) is 9.88. The lowest BCUT2D eigenvalue weighted by atomic mass is 10.1. The van der Waals surface area contributed by atoms with Gasteiger partial charge >= 0.3 is 5.97 Å². The Bertz CT molecular complexity index is 649. The van der Waals surface area contributed by atoms with Gasteiger partial charge in [0.25, 0.3) is 5.91 Å². The number of hydrazone groups is 1. The number of nitrogens with zero attached hydrogens (tertiary/aromatic N) is 1. The summed E-state index contributed by atoms with van der Waals surface area (Å²) in [7, 11) is 0. The van der Waals surface area contributed by atoms with Crippen LogP contribution in [0.1, 0.15) is 23.2 Å². The molecule has 3 N–H and O–H groups in total. The number of benzene rings is 1. The number of nitrogens with one attached hydrogen (secondary N) is 2. The highest BCUT2D eigenvalue weighted by molar-refractivity contribution is 6.46. The number of hydrogen-bond donors (Lipinski definition) is 3. The van der Waals surface area contributed by atoms with Crippen LogP contribution in [-0.4, -0.2) is 28.6 Å². The van der Waals surface area contributed by atoms with Gasteiger partial charge in [0.15, 0.2) is 0 Å². The molecular weight excluding hydrogens is 321 g/mol. The maximum absolute atomic E-state index is 12.0. The number of carbonyl (C=O) groups is 3. The number of carboxylic acid groups (broad SMARTS) is 1. The first-order valence-electron chi connectivity index (χ1n) is 5.77. The van der Waals surface area contributed by atoms with Gasteiger partial charge in [-0.05, 0) is 12.1 Å². The molecule has 1 aliphatic heterocycles. The zero-order valence-electron chi connectivity index (χ0n) is 10.4. The second-order valence-electron chi connectivity index (χ2n) is 4.17. The lowest BCUT2D eigenvalue weighted by molar-refractivity contribution is -0.121. The molecule has 0 saturated carbocycles. The van der Waals surface area contributed by atoms with Gasteiger partial charge in [0, 0.05) is 12.8 Å². The van der Waals surface area contributed by atoms with Crippen molar-refractivity contribution in [3.05, 3.63) is 27.7 Å². The molecule has 1 aromatic rings. The van der Waals surface area contributed by atoms with E-state index < -0.39 is 11.9 Å². The Kier molecular flexibility index (Phi) is 4.44. The number of anilines is 1. The van der Waals surface area contributed by atoms with Gasteiger partial charge in [0.1, 0.15) is 5.71 Å². The third-order valence-corrected chi connectivity index (χ3v) is 3.29. The molecular formula is C12H9Cl2N3O4. The summed E-state index contributed by atoms with van der Waals surface area (Å²) in [4.78, 5) is 33.8. The first-order valence-corrected chi connectivity index (χ1v) is 6.53. The molecule has 2 amide bonds. The number of halogens is 2. The zero-order chi connectivity index (χ0) is 15.6. The predicted octanol–water partition coefficient (Wildman–Crippen LogP) is 1.90. The minimum Gasteiger partial charge on any atom is -0.478 e. The SMILES string of the molecule is O=C1CCC(C(=O)Nc2c(Cl)cc(C(=O)O)cc2Cl)=NN1. The summed E-state index contributed by atoms with van der Waals surface area (Å²) < 4.78 is 0. The molecule has 9 heteroatoms. The maximum atomic E-state index is 12.0. The minimum absolute atomic E-state index is 0.00584. The Balaban J connectivity index is 2.22. The van der Waals surface area contributed by atoms with Gasteiger partial charge in [0.2, 0.25) is 5.91 Å². The van der Waals surface area contributed by atoms with Gasteiger partial charge in [-0.2, -0.15) is 5.10 Å². The Morgan fingerprint density at radius 2 is 1.86 bits per heavy atom. The van der Waals surface area contributed by atoms with E-state index in [1.165, 1.54) is 12.1 Å². The van der Waals surface area contributed by atoms with Crippen molar-refractivity contribution in [2.24, 2.45) is 5.10 Å². The highest BCUT2D eigenvalue weighted by Crippen LogP contribution is 2.32. The Morgan fingerprint density at radius 3 is 2.33 bits per heavy atom. The molecule has 1 heterocycles. The van der Waals surface area contributed by atoms with Crippen molar-refractivity contribution in [3.8, 4) is 0 Å². The fourth-order valence-corrected chi connectivity index (χ4v) is 2.22. The van der Waals surface area contributed by atoms with Crippen LogP contribution in [0.15, 0.2) is 17.2 Å². The monoisotopic (exact) mass is 329 g/mol. The second kappa shape index (κ2) is 6.11. The summed E-state index contributed by atoms with van der Waals surface area (Å²) in [6.07, 6.45) is 0.353. The third kappa shape index (κ3) is 3.50. The molecule has 0 radical (unpaired) electrons. The molecule has 7 nitrogen and oxygen atoms in total. The molecule has 0 saturated heterocycles. The van der Waals surface area contributed by atoms with E-state index in [2.05, 4.69) is 15.8 Å². The van der Waals surface area contributed by atoms with Crippen LogP contribution in [0.2, 0.25) is 10.0 Å². The number of hydrogen-bond acceptors (Lipinski definition) is 4. The summed E-state index contributed by atoms with van der Waals surface area (Å²) in [5.74, 6) is -2.02. The van der Waals surface area contributed by atoms with Crippen LogP contribution in [0.3, 0.4) is 0 Å². The van der Waals surface area contributed by atoms with Gasteiger partial charge in [-0.3, -0.25) is 9.59 Å². The lowest BCUT2D eigenvalue weighted by Gasteiger charge is -2.14. The molecule has 1 aromatic carbocycles.